The van der Waals surface area contributed by atoms with E-state index in [2.05, 4.69) is 15.9 Å². The Morgan fingerprint density at radius 3 is 2.53 bits per heavy atom. The molecular weight excluding hydrogens is 314 g/mol. The minimum atomic E-state index is -0.428. The Kier molecular flexibility index (Phi) is 4.10. The summed E-state index contributed by atoms with van der Waals surface area (Å²) in [6.45, 7) is 1.66. The summed E-state index contributed by atoms with van der Waals surface area (Å²) in [5.41, 5.74) is 1.31. The molecule has 0 saturated carbocycles. The topological polar surface area (TPSA) is 17.1 Å². The molecule has 0 aliphatic heterocycles. The van der Waals surface area contributed by atoms with E-state index in [4.69, 9.17) is 0 Å². The van der Waals surface area contributed by atoms with Gasteiger partial charge >= 0.3 is 0 Å². The summed E-state index contributed by atoms with van der Waals surface area (Å²) in [7, 11) is 0. The van der Waals surface area contributed by atoms with E-state index < -0.39 is 5.82 Å². The van der Waals surface area contributed by atoms with Gasteiger partial charge in [-0.3, -0.25) is 4.79 Å². The van der Waals surface area contributed by atoms with Crippen LogP contribution in [0.3, 0.4) is 0 Å². The van der Waals surface area contributed by atoms with Crippen LogP contribution in [0.25, 0.3) is 0 Å². The first-order chi connectivity index (χ1) is 8.97. The number of hydrogen-bond donors (Lipinski definition) is 0. The number of rotatable bonds is 3. The van der Waals surface area contributed by atoms with Crippen molar-refractivity contribution in [2.24, 2.45) is 0 Å². The van der Waals surface area contributed by atoms with Gasteiger partial charge in [0, 0.05) is 16.5 Å². The van der Waals surface area contributed by atoms with Crippen molar-refractivity contribution in [3.8, 4) is 0 Å². The van der Waals surface area contributed by atoms with Gasteiger partial charge in [0.05, 0.1) is 0 Å². The molecule has 2 rings (SSSR count). The molecule has 2 aromatic rings. The highest BCUT2D eigenvalue weighted by atomic mass is 79.9. The fourth-order valence-corrected chi connectivity index (χ4v) is 2.21. The largest absolute Gasteiger partial charge is 0.294 e. The highest BCUT2D eigenvalue weighted by Gasteiger charge is 2.13. The number of carbonyl (C=O) groups excluding carboxylic acids is 1. The third kappa shape index (κ3) is 3.26. The molecule has 19 heavy (non-hydrogen) atoms. The highest BCUT2D eigenvalue weighted by molar-refractivity contribution is 9.10. The van der Waals surface area contributed by atoms with Gasteiger partial charge in [0.25, 0.3) is 0 Å². The number of aryl methyl sites for hydroxylation is 1. The molecule has 1 nitrogen and oxygen atoms in total. The number of benzene rings is 2. The fourth-order valence-electron chi connectivity index (χ4n) is 1.87. The zero-order valence-corrected chi connectivity index (χ0v) is 11.8. The summed E-state index contributed by atoms with van der Waals surface area (Å²) in [5.74, 6) is -1.04. The number of hydrogen-bond acceptors (Lipinski definition) is 1. The van der Waals surface area contributed by atoms with Gasteiger partial charge in [0.15, 0.2) is 5.78 Å². The first-order valence-electron chi connectivity index (χ1n) is 5.70. The van der Waals surface area contributed by atoms with Crippen LogP contribution in [-0.4, -0.2) is 5.78 Å². The number of halogens is 3. The Morgan fingerprint density at radius 1 is 1.16 bits per heavy atom. The summed E-state index contributed by atoms with van der Waals surface area (Å²) in [5, 5.41) is 0. The van der Waals surface area contributed by atoms with Crippen LogP contribution in [-0.2, 0) is 6.42 Å². The van der Waals surface area contributed by atoms with E-state index in [1.807, 2.05) is 0 Å². The molecular formula is C15H11BrF2O. The molecule has 0 aliphatic carbocycles. The number of carbonyl (C=O) groups is 1. The molecule has 0 aromatic heterocycles. The maximum absolute atomic E-state index is 13.6. The SMILES string of the molecule is Cc1cc(F)ccc1C(=O)Cc1ccc(Br)cc1F. The van der Waals surface area contributed by atoms with Crippen LogP contribution in [0, 0.1) is 18.6 Å². The van der Waals surface area contributed by atoms with Gasteiger partial charge in [0.2, 0.25) is 0 Å². The predicted octanol–water partition coefficient (Wildman–Crippen LogP) is 4.46. The van der Waals surface area contributed by atoms with E-state index in [1.165, 1.54) is 24.3 Å². The molecule has 2 aromatic carbocycles. The van der Waals surface area contributed by atoms with Gasteiger partial charge in [-0.05, 0) is 48.4 Å². The van der Waals surface area contributed by atoms with Gasteiger partial charge in [-0.2, -0.15) is 0 Å². The molecule has 0 aliphatic rings. The molecule has 0 saturated heterocycles. The second-order valence-electron chi connectivity index (χ2n) is 4.29. The van der Waals surface area contributed by atoms with E-state index in [-0.39, 0.29) is 18.0 Å². The lowest BCUT2D eigenvalue weighted by molar-refractivity contribution is 0.0991. The smallest absolute Gasteiger partial charge is 0.167 e. The van der Waals surface area contributed by atoms with Crippen molar-refractivity contribution in [3.05, 3.63) is 69.2 Å². The maximum Gasteiger partial charge on any atom is 0.167 e. The monoisotopic (exact) mass is 324 g/mol. The van der Waals surface area contributed by atoms with E-state index in [0.717, 1.165) is 0 Å². The van der Waals surface area contributed by atoms with Crippen molar-refractivity contribution in [2.45, 2.75) is 13.3 Å². The quantitative estimate of drug-likeness (QED) is 0.762. The van der Waals surface area contributed by atoms with Gasteiger partial charge < -0.3 is 0 Å². The normalized spacial score (nSPS) is 10.5. The Labute approximate surface area is 118 Å². The lowest BCUT2D eigenvalue weighted by atomic mass is 9.99. The molecule has 98 valence electrons. The van der Waals surface area contributed by atoms with Crippen molar-refractivity contribution < 1.29 is 13.6 Å². The highest BCUT2D eigenvalue weighted by Crippen LogP contribution is 2.18. The van der Waals surface area contributed by atoms with Crippen LogP contribution in [0.4, 0.5) is 8.78 Å². The average molecular weight is 325 g/mol. The number of ketones is 1. The van der Waals surface area contributed by atoms with E-state index in [1.54, 1.807) is 19.1 Å². The summed E-state index contributed by atoms with van der Waals surface area (Å²) in [4.78, 5) is 12.1. The van der Waals surface area contributed by atoms with Crippen molar-refractivity contribution in [1.82, 2.24) is 0 Å². The maximum atomic E-state index is 13.6. The molecule has 0 bridgehead atoms. The third-order valence-electron chi connectivity index (χ3n) is 2.85. The minimum absolute atomic E-state index is 0.0361. The van der Waals surface area contributed by atoms with Crippen LogP contribution in [0.1, 0.15) is 21.5 Å². The molecule has 0 amide bonds. The summed E-state index contributed by atoms with van der Waals surface area (Å²) >= 11 is 3.16. The van der Waals surface area contributed by atoms with E-state index in [9.17, 15) is 13.6 Å². The summed E-state index contributed by atoms with van der Waals surface area (Å²) < 4.78 is 27.2. The molecule has 0 fully saturated rings. The summed E-state index contributed by atoms with van der Waals surface area (Å²) in [6.07, 6.45) is -0.0361. The molecule has 0 spiro atoms. The summed E-state index contributed by atoms with van der Waals surface area (Å²) in [6, 6.07) is 8.53. The van der Waals surface area contributed by atoms with Gasteiger partial charge in [-0.15, -0.1) is 0 Å². The molecule has 0 radical (unpaired) electrons. The van der Waals surface area contributed by atoms with Crippen molar-refractivity contribution in [1.29, 1.82) is 0 Å². The van der Waals surface area contributed by atoms with Crippen molar-refractivity contribution in [2.75, 3.05) is 0 Å². The standard InChI is InChI=1S/C15H11BrF2O/c1-9-6-12(17)4-5-13(9)15(19)7-10-2-3-11(16)8-14(10)18/h2-6,8H,7H2,1H3. The Balaban J connectivity index is 2.25. The zero-order chi connectivity index (χ0) is 14.0. The predicted molar refractivity (Wildman–Crippen MR) is 73.3 cm³/mol. The Hall–Kier alpha value is -1.55. The van der Waals surface area contributed by atoms with Crippen LogP contribution < -0.4 is 0 Å². The molecule has 0 N–H and O–H groups in total. The second kappa shape index (κ2) is 5.61. The first-order valence-corrected chi connectivity index (χ1v) is 6.50. The Bertz CT molecular complexity index is 638. The fraction of sp³-hybridized carbons (Fsp3) is 0.133. The van der Waals surface area contributed by atoms with Gasteiger partial charge in [-0.1, -0.05) is 22.0 Å². The second-order valence-corrected chi connectivity index (χ2v) is 5.21. The van der Waals surface area contributed by atoms with E-state index in [0.29, 0.717) is 21.2 Å². The molecule has 0 unspecified atom stereocenters. The van der Waals surface area contributed by atoms with Crippen LogP contribution >= 0.6 is 15.9 Å². The van der Waals surface area contributed by atoms with Crippen molar-refractivity contribution in [3.63, 3.8) is 0 Å². The van der Waals surface area contributed by atoms with Crippen LogP contribution in [0.5, 0.6) is 0 Å². The van der Waals surface area contributed by atoms with Gasteiger partial charge in [0.1, 0.15) is 11.6 Å². The third-order valence-corrected chi connectivity index (χ3v) is 3.35. The molecule has 4 heteroatoms. The molecule has 0 atom stereocenters. The minimum Gasteiger partial charge on any atom is -0.294 e. The van der Waals surface area contributed by atoms with Crippen molar-refractivity contribution >= 4 is 21.7 Å². The Morgan fingerprint density at radius 2 is 1.89 bits per heavy atom. The lowest BCUT2D eigenvalue weighted by Gasteiger charge is -2.06. The van der Waals surface area contributed by atoms with Gasteiger partial charge in [-0.25, -0.2) is 8.78 Å². The average Bonchev–Trinajstić information content (AvgIpc) is 2.32. The van der Waals surface area contributed by atoms with Crippen LogP contribution in [0.2, 0.25) is 0 Å². The molecule has 0 heterocycles. The number of Topliss-reactive ketones (excluding diaryl/α,β-unsaturated/α-hetero) is 1. The van der Waals surface area contributed by atoms with E-state index >= 15 is 0 Å². The lowest BCUT2D eigenvalue weighted by Crippen LogP contribution is -2.07. The zero-order valence-electron chi connectivity index (χ0n) is 10.2. The first kappa shape index (κ1) is 13.9. The van der Waals surface area contributed by atoms with Crippen LogP contribution in [0.15, 0.2) is 40.9 Å².